The topological polar surface area (TPSA) is 77.5 Å². The Hall–Kier alpha value is -3.09. The Morgan fingerprint density at radius 3 is 2.54 bits per heavy atom. The normalized spacial score (nSPS) is 18.8. The number of ether oxygens (including phenoxy) is 2. The summed E-state index contributed by atoms with van der Waals surface area (Å²) in [6.45, 7) is 2.33. The molecule has 2 fully saturated rings. The van der Waals surface area contributed by atoms with Crippen molar-refractivity contribution in [2.24, 2.45) is 0 Å². The molecule has 2 saturated heterocycles. The fourth-order valence-corrected chi connectivity index (χ4v) is 4.86. The number of halogens is 3. The van der Waals surface area contributed by atoms with Crippen LogP contribution in [-0.2, 0) is 11.2 Å². The van der Waals surface area contributed by atoms with Crippen molar-refractivity contribution in [1.82, 2.24) is 10.2 Å². The lowest BCUT2D eigenvalue weighted by atomic mass is 10.1. The fourth-order valence-electron chi connectivity index (χ4n) is 4.77. The third-order valence-corrected chi connectivity index (χ3v) is 7.30. The average molecular weight is 567 g/mol. The molecule has 0 radical (unpaired) electrons. The predicted octanol–water partition coefficient (Wildman–Crippen LogP) is 3.80. The van der Waals surface area contributed by atoms with Gasteiger partial charge in [0.25, 0.3) is 6.43 Å². The second-order valence-electron chi connectivity index (χ2n) is 9.54. The number of thiocarbonyl (C=S) groups is 1. The minimum Gasteiger partial charge on any atom is -0.497 e. The van der Waals surface area contributed by atoms with Crippen molar-refractivity contribution in [2.75, 3.05) is 56.2 Å². The van der Waals surface area contributed by atoms with Gasteiger partial charge in [-0.05, 0) is 55.2 Å². The number of cyclic esters (lactones) is 1. The summed E-state index contributed by atoms with van der Waals surface area (Å²) in [6, 6.07) is 12.4. The smallest absolute Gasteiger partial charge is 0.414 e. The number of alkyl halides is 2. The van der Waals surface area contributed by atoms with Crippen LogP contribution in [0.5, 0.6) is 5.75 Å². The summed E-state index contributed by atoms with van der Waals surface area (Å²) in [5.74, 6) is 0.340. The van der Waals surface area contributed by atoms with E-state index >= 15 is 4.39 Å². The number of aliphatic hydroxyl groups excluding tert-OH is 1. The van der Waals surface area contributed by atoms with Crippen molar-refractivity contribution in [1.29, 1.82) is 0 Å². The van der Waals surface area contributed by atoms with Gasteiger partial charge in [0, 0.05) is 26.2 Å². The van der Waals surface area contributed by atoms with Crippen LogP contribution in [0.3, 0.4) is 0 Å². The van der Waals surface area contributed by atoms with Crippen LogP contribution in [-0.4, -0.2) is 86.2 Å². The standard InChI is InChI=1S/C27H33F3N4O4S/c1-37-20-8-5-18(6-9-20)3-2-4-24(35)33-13-11-32(12-14-33)23-10-7-19(15-22(23)28)34-17-21(38-27(34)36)16-31-26(39)25(29)30/h5-10,15,21,24-25,35H,2-4,11-14,16-17H2,1H3,(H,31,39)/t21-,24?/m0/s1. The van der Waals surface area contributed by atoms with Crippen molar-refractivity contribution in [2.45, 2.75) is 38.0 Å². The Labute approximate surface area is 231 Å². The zero-order chi connectivity index (χ0) is 27.9. The molecule has 8 nitrogen and oxygen atoms in total. The summed E-state index contributed by atoms with van der Waals surface area (Å²) in [5.41, 5.74) is 1.93. The third kappa shape index (κ3) is 7.52. The SMILES string of the molecule is COc1ccc(CCCC(O)N2CCN(c3ccc(N4C[C@H](CNC(=S)C(F)F)OC4=O)cc3F)CC2)cc1. The van der Waals surface area contributed by atoms with Crippen LogP contribution in [0.25, 0.3) is 0 Å². The van der Waals surface area contributed by atoms with Gasteiger partial charge in [0.2, 0.25) is 0 Å². The van der Waals surface area contributed by atoms with Gasteiger partial charge < -0.3 is 24.8 Å². The van der Waals surface area contributed by atoms with Crippen LogP contribution >= 0.6 is 12.2 Å². The number of aryl methyl sites for hydroxylation is 1. The molecular formula is C27H33F3N4O4S. The number of hydrogen-bond acceptors (Lipinski definition) is 7. The van der Waals surface area contributed by atoms with E-state index in [0.717, 1.165) is 18.6 Å². The number of nitrogens with zero attached hydrogens (tertiary/aromatic N) is 3. The minimum absolute atomic E-state index is 0.0520. The van der Waals surface area contributed by atoms with Crippen LogP contribution in [0, 0.1) is 5.82 Å². The molecule has 2 aromatic carbocycles. The molecule has 2 atom stereocenters. The predicted molar refractivity (Wildman–Crippen MR) is 146 cm³/mol. The molecule has 39 heavy (non-hydrogen) atoms. The molecule has 0 bridgehead atoms. The summed E-state index contributed by atoms with van der Waals surface area (Å²) in [6.07, 6.45) is -2.35. The van der Waals surface area contributed by atoms with E-state index in [0.29, 0.717) is 44.0 Å². The molecule has 2 aliphatic heterocycles. The maximum absolute atomic E-state index is 15.1. The number of amides is 1. The van der Waals surface area contributed by atoms with Crippen LogP contribution in [0.2, 0.25) is 0 Å². The van der Waals surface area contributed by atoms with Gasteiger partial charge >= 0.3 is 6.09 Å². The van der Waals surface area contributed by atoms with Gasteiger partial charge in [0.15, 0.2) is 0 Å². The summed E-state index contributed by atoms with van der Waals surface area (Å²) < 4.78 is 50.6. The summed E-state index contributed by atoms with van der Waals surface area (Å²) in [4.78, 5) is 16.9. The van der Waals surface area contributed by atoms with Gasteiger partial charge in [-0.2, -0.15) is 0 Å². The molecule has 2 heterocycles. The van der Waals surface area contributed by atoms with E-state index in [4.69, 9.17) is 9.47 Å². The molecule has 0 spiro atoms. The molecule has 1 unspecified atom stereocenters. The Kier molecular flexibility index (Phi) is 9.87. The summed E-state index contributed by atoms with van der Waals surface area (Å²) >= 11 is 4.53. The number of aliphatic hydroxyl groups is 1. The number of hydrogen-bond donors (Lipinski definition) is 2. The van der Waals surface area contributed by atoms with E-state index in [1.54, 1.807) is 19.2 Å². The first-order valence-electron chi connectivity index (χ1n) is 12.9. The number of piperazine rings is 1. The van der Waals surface area contributed by atoms with Gasteiger partial charge in [-0.3, -0.25) is 9.80 Å². The molecule has 0 aromatic heterocycles. The third-order valence-electron chi connectivity index (χ3n) is 6.98. The van der Waals surface area contributed by atoms with Crippen molar-refractivity contribution in [3.05, 3.63) is 53.8 Å². The molecular weight excluding hydrogens is 533 g/mol. The van der Waals surface area contributed by atoms with Gasteiger partial charge in [-0.15, -0.1) is 0 Å². The number of carbonyl (C=O) groups is 1. The highest BCUT2D eigenvalue weighted by atomic mass is 32.1. The number of nitrogens with one attached hydrogen (secondary N) is 1. The average Bonchev–Trinajstić information content (AvgIpc) is 3.32. The van der Waals surface area contributed by atoms with Crippen molar-refractivity contribution >= 4 is 34.7 Å². The van der Waals surface area contributed by atoms with E-state index in [-0.39, 0.29) is 13.1 Å². The number of carbonyl (C=O) groups excluding carboxylic acids is 1. The monoisotopic (exact) mass is 566 g/mol. The minimum atomic E-state index is -2.79. The molecule has 12 heteroatoms. The fraction of sp³-hybridized carbons (Fsp3) is 0.481. The first-order chi connectivity index (χ1) is 18.7. The van der Waals surface area contributed by atoms with E-state index in [1.807, 2.05) is 34.1 Å². The van der Waals surface area contributed by atoms with Crippen LogP contribution in [0.1, 0.15) is 18.4 Å². The van der Waals surface area contributed by atoms with Crippen molar-refractivity contribution in [3.8, 4) is 5.75 Å². The molecule has 2 aromatic rings. The van der Waals surface area contributed by atoms with Gasteiger partial charge in [0.1, 0.15) is 28.9 Å². The quantitative estimate of drug-likeness (QED) is 0.398. The Balaban J connectivity index is 1.24. The zero-order valence-electron chi connectivity index (χ0n) is 21.7. The molecule has 0 saturated carbocycles. The number of rotatable bonds is 11. The molecule has 4 rings (SSSR count). The number of benzene rings is 2. The van der Waals surface area contributed by atoms with Gasteiger partial charge in [-0.1, -0.05) is 24.4 Å². The second kappa shape index (κ2) is 13.3. The second-order valence-corrected chi connectivity index (χ2v) is 9.98. The Bertz CT molecular complexity index is 1130. The molecule has 2 aliphatic rings. The zero-order valence-corrected chi connectivity index (χ0v) is 22.5. The van der Waals surface area contributed by atoms with Crippen LogP contribution in [0.15, 0.2) is 42.5 Å². The maximum Gasteiger partial charge on any atom is 0.414 e. The first-order valence-corrected chi connectivity index (χ1v) is 13.3. The lowest BCUT2D eigenvalue weighted by molar-refractivity contribution is -0.00670. The number of methoxy groups -OCH3 is 1. The maximum atomic E-state index is 15.1. The molecule has 1 amide bonds. The van der Waals surface area contributed by atoms with Crippen molar-refractivity contribution < 1.29 is 32.5 Å². The first kappa shape index (κ1) is 28.9. The van der Waals surface area contributed by atoms with Gasteiger partial charge in [0.05, 0.1) is 31.6 Å². The van der Waals surface area contributed by atoms with Crippen LogP contribution < -0.4 is 19.9 Å². The van der Waals surface area contributed by atoms with E-state index in [2.05, 4.69) is 17.5 Å². The van der Waals surface area contributed by atoms with E-state index < -0.39 is 35.7 Å². The molecule has 0 aliphatic carbocycles. The Morgan fingerprint density at radius 2 is 1.90 bits per heavy atom. The molecule has 212 valence electrons. The van der Waals surface area contributed by atoms with Crippen LogP contribution in [0.4, 0.5) is 29.3 Å². The highest BCUT2D eigenvalue weighted by Crippen LogP contribution is 2.29. The lowest BCUT2D eigenvalue weighted by Gasteiger charge is -2.38. The summed E-state index contributed by atoms with van der Waals surface area (Å²) in [5, 5.41) is 13.0. The summed E-state index contributed by atoms with van der Waals surface area (Å²) in [7, 11) is 1.64. The van der Waals surface area contributed by atoms with E-state index in [1.165, 1.54) is 16.5 Å². The Morgan fingerprint density at radius 1 is 1.18 bits per heavy atom. The van der Waals surface area contributed by atoms with Crippen molar-refractivity contribution in [3.63, 3.8) is 0 Å². The number of anilines is 2. The highest BCUT2D eigenvalue weighted by molar-refractivity contribution is 7.80. The van der Waals surface area contributed by atoms with Gasteiger partial charge in [-0.25, -0.2) is 18.0 Å². The highest BCUT2D eigenvalue weighted by Gasteiger charge is 2.33. The lowest BCUT2D eigenvalue weighted by Crippen LogP contribution is -2.50. The largest absolute Gasteiger partial charge is 0.497 e. The molecule has 2 N–H and O–H groups in total. The van der Waals surface area contributed by atoms with E-state index in [9.17, 15) is 18.7 Å².